The fourth-order valence-electron chi connectivity index (χ4n) is 6.02. The predicted octanol–water partition coefficient (Wildman–Crippen LogP) is 4.16. The van der Waals surface area contributed by atoms with Gasteiger partial charge in [-0.1, -0.05) is 11.8 Å². The summed E-state index contributed by atoms with van der Waals surface area (Å²) in [5, 5.41) is 14.8. The van der Waals surface area contributed by atoms with Gasteiger partial charge in [0.25, 0.3) is 5.69 Å². The summed E-state index contributed by atoms with van der Waals surface area (Å²) < 4.78 is 0. The van der Waals surface area contributed by atoms with Crippen LogP contribution < -0.4 is 5.32 Å². The number of benzene rings is 1. The molecule has 0 radical (unpaired) electrons. The van der Waals surface area contributed by atoms with Crippen molar-refractivity contribution in [1.82, 2.24) is 15.3 Å². The zero-order valence-corrected chi connectivity index (χ0v) is 16.9. The number of aromatic nitrogens is 2. The number of imidazole rings is 1. The summed E-state index contributed by atoms with van der Waals surface area (Å²) in [7, 11) is 0. The van der Waals surface area contributed by atoms with Crippen molar-refractivity contribution in [3.63, 3.8) is 0 Å². The molecule has 0 atom stereocenters. The number of aromatic amines is 1. The smallest absolute Gasteiger partial charge is 0.269 e. The first-order valence-electron chi connectivity index (χ1n) is 10.2. The second kappa shape index (κ2) is 7.16. The zero-order chi connectivity index (χ0) is 20.0. The first-order chi connectivity index (χ1) is 14.0. The molecule has 4 fully saturated rings. The minimum absolute atomic E-state index is 0.0411. The van der Waals surface area contributed by atoms with Crippen molar-refractivity contribution in [2.75, 3.05) is 5.75 Å². The molecule has 1 aromatic carbocycles. The van der Waals surface area contributed by atoms with Crippen LogP contribution in [0.3, 0.4) is 0 Å². The average Bonchev–Trinajstić information content (AvgIpc) is 3.14. The summed E-state index contributed by atoms with van der Waals surface area (Å²) in [6.07, 6.45) is 9.24. The Hall–Kier alpha value is -2.35. The summed E-state index contributed by atoms with van der Waals surface area (Å²) in [6.45, 7) is 0. The lowest BCUT2D eigenvalue weighted by molar-refractivity contribution is -0.384. The number of amides is 1. The van der Waals surface area contributed by atoms with Crippen molar-refractivity contribution in [2.24, 2.45) is 17.8 Å². The van der Waals surface area contributed by atoms with Crippen LogP contribution in [0.5, 0.6) is 0 Å². The van der Waals surface area contributed by atoms with Gasteiger partial charge in [-0.2, -0.15) is 0 Å². The predicted molar refractivity (Wildman–Crippen MR) is 110 cm³/mol. The molecule has 7 nitrogen and oxygen atoms in total. The molecule has 0 unspecified atom stereocenters. The highest BCUT2D eigenvalue weighted by molar-refractivity contribution is 7.99. The fourth-order valence-corrected chi connectivity index (χ4v) is 6.66. The van der Waals surface area contributed by atoms with Gasteiger partial charge in [-0.25, -0.2) is 4.98 Å². The van der Waals surface area contributed by atoms with Crippen molar-refractivity contribution < 1.29 is 9.72 Å². The number of hydrogen-bond donors (Lipinski definition) is 2. The molecule has 2 aromatic rings. The molecule has 4 bridgehead atoms. The van der Waals surface area contributed by atoms with E-state index in [2.05, 4.69) is 15.3 Å². The average molecular weight is 413 g/mol. The molecule has 29 heavy (non-hydrogen) atoms. The molecule has 8 heteroatoms. The quantitative estimate of drug-likeness (QED) is 0.421. The van der Waals surface area contributed by atoms with Crippen LogP contribution in [-0.4, -0.2) is 32.1 Å². The standard InChI is InChI=1S/C21H24N4O3S/c26-19(24-21-8-13-5-14(9-21)7-15(6-13)10-21)12-29-20-22-11-18(23-20)16-1-3-17(4-2-16)25(27)28/h1-4,11,13-15H,5-10,12H2,(H,22,23)(H,24,26). The number of thioether (sulfide) groups is 1. The van der Waals surface area contributed by atoms with Crippen LogP contribution in [-0.2, 0) is 4.79 Å². The molecule has 4 saturated carbocycles. The van der Waals surface area contributed by atoms with Crippen LogP contribution in [0.1, 0.15) is 38.5 Å². The van der Waals surface area contributed by atoms with E-state index in [-0.39, 0.29) is 17.1 Å². The summed E-state index contributed by atoms with van der Waals surface area (Å²) in [6, 6.07) is 6.34. The summed E-state index contributed by atoms with van der Waals surface area (Å²) in [4.78, 5) is 30.5. The molecule has 0 aliphatic heterocycles. The van der Waals surface area contributed by atoms with Gasteiger partial charge in [-0.3, -0.25) is 14.9 Å². The van der Waals surface area contributed by atoms with E-state index in [1.165, 1.54) is 43.2 Å². The Labute approximate surface area is 173 Å². The third-order valence-electron chi connectivity index (χ3n) is 6.72. The SMILES string of the molecule is O=C(CSc1ncc(-c2ccc([N+](=O)[O-])cc2)[nH]1)NC12CC3CC(CC(C3)C1)C2. The number of non-ortho nitro benzene ring substituents is 1. The maximum atomic E-state index is 12.6. The Bertz CT molecular complexity index is 904. The van der Waals surface area contributed by atoms with E-state index in [9.17, 15) is 14.9 Å². The van der Waals surface area contributed by atoms with E-state index < -0.39 is 4.92 Å². The van der Waals surface area contributed by atoms with Gasteiger partial charge in [0.05, 0.1) is 22.6 Å². The van der Waals surface area contributed by atoms with Crippen LogP contribution >= 0.6 is 11.8 Å². The van der Waals surface area contributed by atoms with Gasteiger partial charge < -0.3 is 10.3 Å². The van der Waals surface area contributed by atoms with Gasteiger partial charge in [0.2, 0.25) is 5.91 Å². The summed E-state index contributed by atoms with van der Waals surface area (Å²) in [5.41, 5.74) is 1.71. The topological polar surface area (TPSA) is 101 Å². The lowest BCUT2D eigenvalue weighted by Crippen LogP contribution is -2.60. The molecule has 0 spiro atoms. The Morgan fingerprint density at radius 1 is 1.17 bits per heavy atom. The molecule has 152 valence electrons. The molecule has 4 aliphatic rings. The first kappa shape index (κ1) is 18.7. The molecular formula is C21H24N4O3S. The highest BCUT2D eigenvalue weighted by Crippen LogP contribution is 2.55. The minimum atomic E-state index is -0.416. The van der Waals surface area contributed by atoms with Crippen LogP contribution in [0.15, 0.2) is 35.6 Å². The largest absolute Gasteiger partial charge is 0.350 e. The summed E-state index contributed by atoms with van der Waals surface area (Å²) in [5.74, 6) is 2.86. The Morgan fingerprint density at radius 3 is 2.38 bits per heavy atom. The molecule has 2 N–H and O–H groups in total. The first-order valence-corrected chi connectivity index (χ1v) is 11.2. The van der Waals surface area contributed by atoms with Crippen LogP contribution in [0.2, 0.25) is 0 Å². The Kier molecular flexibility index (Phi) is 4.61. The van der Waals surface area contributed by atoms with Gasteiger partial charge in [0, 0.05) is 23.2 Å². The third kappa shape index (κ3) is 3.77. The number of H-pyrrole nitrogens is 1. The number of carbonyl (C=O) groups is 1. The van der Waals surface area contributed by atoms with Crippen molar-refractivity contribution >= 4 is 23.4 Å². The van der Waals surface area contributed by atoms with Gasteiger partial charge in [0.15, 0.2) is 5.16 Å². The second-order valence-corrected chi connectivity index (χ2v) is 9.90. The van der Waals surface area contributed by atoms with E-state index >= 15 is 0 Å². The lowest BCUT2D eigenvalue weighted by Gasteiger charge is -2.56. The maximum absolute atomic E-state index is 12.6. The Morgan fingerprint density at radius 2 is 1.79 bits per heavy atom. The monoisotopic (exact) mass is 412 g/mol. The van der Waals surface area contributed by atoms with E-state index in [1.54, 1.807) is 18.3 Å². The van der Waals surface area contributed by atoms with Gasteiger partial charge in [-0.15, -0.1) is 0 Å². The van der Waals surface area contributed by atoms with Gasteiger partial charge >= 0.3 is 0 Å². The molecule has 4 aliphatic carbocycles. The number of nitro benzene ring substituents is 1. The Balaban J connectivity index is 1.18. The number of nitrogens with zero attached hydrogens (tertiary/aromatic N) is 2. The molecule has 0 saturated heterocycles. The van der Waals surface area contributed by atoms with E-state index in [4.69, 9.17) is 0 Å². The van der Waals surface area contributed by atoms with Crippen molar-refractivity contribution in [2.45, 2.75) is 49.2 Å². The number of hydrogen-bond acceptors (Lipinski definition) is 5. The number of nitro groups is 1. The molecule has 1 amide bonds. The lowest BCUT2D eigenvalue weighted by atomic mass is 9.53. The number of carbonyl (C=O) groups excluding carboxylic acids is 1. The molecule has 1 heterocycles. The zero-order valence-electron chi connectivity index (χ0n) is 16.1. The summed E-state index contributed by atoms with van der Waals surface area (Å²) >= 11 is 1.39. The van der Waals surface area contributed by atoms with Crippen molar-refractivity contribution in [1.29, 1.82) is 0 Å². The van der Waals surface area contributed by atoms with Crippen LogP contribution in [0, 0.1) is 27.9 Å². The minimum Gasteiger partial charge on any atom is -0.350 e. The van der Waals surface area contributed by atoms with Gasteiger partial charge in [-0.05, 0) is 68.4 Å². The number of rotatable bonds is 6. The van der Waals surface area contributed by atoms with Crippen LogP contribution in [0.4, 0.5) is 5.69 Å². The molecular weight excluding hydrogens is 388 g/mol. The maximum Gasteiger partial charge on any atom is 0.269 e. The highest BCUT2D eigenvalue weighted by Gasteiger charge is 2.51. The molecule has 1 aromatic heterocycles. The van der Waals surface area contributed by atoms with E-state index in [0.717, 1.165) is 48.3 Å². The van der Waals surface area contributed by atoms with Gasteiger partial charge in [0.1, 0.15) is 0 Å². The normalized spacial score (nSPS) is 29.7. The third-order valence-corrected chi connectivity index (χ3v) is 7.61. The highest BCUT2D eigenvalue weighted by atomic mass is 32.2. The fraction of sp³-hybridized carbons (Fsp3) is 0.524. The van der Waals surface area contributed by atoms with E-state index in [0.29, 0.717) is 10.9 Å². The van der Waals surface area contributed by atoms with E-state index in [1.807, 2.05) is 0 Å². The molecule has 6 rings (SSSR count). The van der Waals surface area contributed by atoms with Crippen molar-refractivity contribution in [3.05, 3.63) is 40.6 Å². The second-order valence-electron chi connectivity index (χ2n) is 8.94. The van der Waals surface area contributed by atoms with Crippen molar-refractivity contribution in [3.8, 4) is 11.3 Å². The number of nitrogens with one attached hydrogen (secondary N) is 2. The van der Waals surface area contributed by atoms with Crippen LogP contribution in [0.25, 0.3) is 11.3 Å².